The van der Waals surface area contributed by atoms with Crippen LogP contribution in [0.5, 0.6) is 5.88 Å². The molecule has 2 rings (SSSR count). The van der Waals surface area contributed by atoms with Gasteiger partial charge in [0.05, 0.1) is 19.0 Å². The van der Waals surface area contributed by atoms with Crippen LogP contribution in [0.25, 0.3) is 0 Å². The van der Waals surface area contributed by atoms with E-state index < -0.39 is 0 Å². The Labute approximate surface area is 125 Å². The summed E-state index contributed by atoms with van der Waals surface area (Å²) in [7, 11) is 1.57. The molecule has 0 aliphatic heterocycles. The van der Waals surface area contributed by atoms with Crippen molar-refractivity contribution < 1.29 is 9.53 Å². The molecule has 0 saturated heterocycles. The average Bonchev–Trinajstić information content (AvgIpc) is 2.49. The van der Waals surface area contributed by atoms with Crippen molar-refractivity contribution in [3.05, 3.63) is 53.2 Å². The van der Waals surface area contributed by atoms with E-state index in [9.17, 15) is 4.79 Å². The topological polar surface area (TPSA) is 51.2 Å². The smallest absolute Gasteiger partial charge is 0.255 e. The molecule has 2 aromatic rings. The summed E-state index contributed by atoms with van der Waals surface area (Å²) >= 11 is 0. The Kier molecular flexibility index (Phi) is 4.58. The lowest BCUT2D eigenvalue weighted by molar-refractivity contribution is 0.102. The van der Waals surface area contributed by atoms with Gasteiger partial charge in [-0.25, -0.2) is 4.98 Å². The largest absolute Gasteiger partial charge is 0.481 e. The highest BCUT2D eigenvalue weighted by atomic mass is 16.5. The zero-order chi connectivity index (χ0) is 15.4. The number of nitrogens with zero attached hydrogens (tertiary/aromatic N) is 1. The highest BCUT2D eigenvalue weighted by Gasteiger charge is 2.09. The molecule has 1 amide bonds. The van der Waals surface area contributed by atoms with E-state index in [1.54, 1.807) is 19.4 Å². The molecule has 4 nitrogen and oxygen atoms in total. The first-order chi connectivity index (χ1) is 10.0. The van der Waals surface area contributed by atoms with Gasteiger partial charge < -0.3 is 10.1 Å². The lowest BCUT2D eigenvalue weighted by Crippen LogP contribution is -2.13. The van der Waals surface area contributed by atoms with E-state index in [4.69, 9.17) is 4.74 Å². The number of hydrogen-bond acceptors (Lipinski definition) is 3. The summed E-state index contributed by atoms with van der Waals surface area (Å²) in [5.41, 5.74) is 3.45. The Morgan fingerprint density at radius 3 is 2.43 bits per heavy atom. The molecule has 1 heterocycles. The summed E-state index contributed by atoms with van der Waals surface area (Å²) < 4.78 is 5.05. The van der Waals surface area contributed by atoms with Gasteiger partial charge in [-0.3, -0.25) is 4.79 Å². The van der Waals surface area contributed by atoms with Crippen molar-refractivity contribution in [2.45, 2.75) is 26.7 Å². The Bertz CT molecular complexity index is 634. The second kappa shape index (κ2) is 6.39. The number of rotatable bonds is 4. The van der Waals surface area contributed by atoms with Crippen LogP contribution in [0.3, 0.4) is 0 Å². The molecular weight excluding hydrogens is 264 g/mol. The first-order valence-corrected chi connectivity index (χ1v) is 6.93. The van der Waals surface area contributed by atoms with Gasteiger partial charge in [0.25, 0.3) is 5.91 Å². The standard InChI is InChI=1S/C17H20N2O2/c1-11(2)13-5-7-14(8-6-13)17(20)19-15-10-18-16(21-4)9-12(15)3/h5-11H,1-4H3,(H,19,20). The zero-order valence-corrected chi connectivity index (χ0v) is 12.8. The van der Waals surface area contributed by atoms with Gasteiger partial charge in [-0.2, -0.15) is 0 Å². The number of amides is 1. The summed E-state index contributed by atoms with van der Waals surface area (Å²) in [6.07, 6.45) is 1.61. The third-order valence-electron chi connectivity index (χ3n) is 3.38. The predicted molar refractivity (Wildman–Crippen MR) is 84.0 cm³/mol. The number of benzene rings is 1. The third-order valence-corrected chi connectivity index (χ3v) is 3.38. The van der Waals surface area contributed by atoms with Crippen molar-refractivity contribution in [2.24, 2.45) is 0 Å². The van der Waals surface area contributed by atoms with E-state index in [1.807, 2.05) is 31.2 Å². The molecule has 0 aliphatic rings. The number of aryl methyl sites for hydroxylation is 1. The number of carbonyl (C=O) groups excluding carboxylic acids is 1. The van der Waals surface area contributed by atoms with Gasteiger partial charge in [0.2, 0.25) is 5.88 Å². The molecule has 0 fully saturated rings. The summed E-state index contributed by atoms with van der Waals surface area (Å²) in [4.78, 5) is 16.3. The first-order valence-electron chi connectivity index (χ1n) is 6.93. The molecule has 1 aromatic heterocycles. The fourth-order valence-electron chi connectivity index (χ4n) is 1.99. The molecule has 110 valence electrons. The number of hydrogen-bond donors (Lipinski definition) is 1. The Morgan fingerprint density at radius 1 is 1.24 bits per heavy atom. The van der Waals surface area contributed by atoms with Crippen molar-refractivity contribution in [3.63, 3.8) is 0 Å². The van der Waals surface area contributed by atoms with Crippen molar-refractivity contribution >= 4 is 11.6 Å². The van der Waals surface area contributed by atoms with Gasteiger partial charge in [0.1, 0.15) is 0 Å². The quantitative estimate of drug-likeness (QED) is 0.929. The van der Waals surface area contributed by atoms with Gasteiger partial charge in [-0.1, -0.05) is 26.0 Å². The summed E-state index contributed by atoms with van der Waals surface area (Å²) in [6.45, 7) is 6.16. The summed E-state index contributed by atoms with van der Waals surface area (Å²) in [5, 5.41) is 2.87. The Balaban J connectivity index is 2.14. The van der Waals surface area contributed by atoms with Crippen LogP contribution in [0.1, 0.15) is 41.3 Å². The summed E-state index contributed by atoms with van der Waals surface area (Å²) in [6, 6.07) is 9.45. The zero-order valence-electron chi connectivity index (χ0n) is 12.8. The predicted octanol–water partition coefficient (Wildman–Crippen LogP) is 3.77. The van der Waals surface area contributed by atoms with E-state index in [0.29, 0.717) is 23.0 Å². The van der Waals surface area contributed by atoms with Crippen molar-refractivity contribution in [1.29, 1.82) is 0 Å². The molecule has 0 saturated carbocycles. The van der Waals surface area contributed by atoms with Crippen molar-refractivity contribution in [2.75, 3.05) is 12.4 Å². The van der Waals surface area contributed by atoms with Crippen LogP contribution in [-0.4, -0.2) is 18.0 Å². The fourth-order valence-corrected chi connectivity index (χ4v) is 1.99. The average molecular weight is 284 g/mol. The first kappa shape index (κ1) is 15.0. The number of carbonyl (C=O) groups is 1. The molecule has 0 aliphatic carbocycles. The maximum absolute atomic E-state index is 12.2. The van der Waals surface area contributed by atoms with Crippen LogP contribution in [0, 0.1) is 6.92 Å². The van der Waals surface area contributed by atoms with Crippen LogP contribution in [0.4, 0.5) is 5.69 Å². The Hall–Kier alpha value is -2.36. The van der Waals surface area contributed by atoms with Crippen LogP contribution >= 0.6 is 0 Å². The van der Waals surface area contributed by atoms with Crippen LogP contribution < -0.4 is 10.1 Å². The van der Waals surface area contributed by atoms with E-state index in [-0.39, 0.29) is 5.91 Å². The minimum atomic E-state index is -0.139. The van der Waals surface area contributed by atoms with E-state index >= 15 is 0 Å². The molecule has 0 spiro atoms. The van der Waals surface area contributed by atoms with E-state index in [0.717, 1.165) is 5.56 Å². The SMILES string of the molecule is COc1cc(C)c(NC(=O)c2ccc(C(C)C)cc2)cn1. The van der Waals surface area contributed by atoms with Gasteiger partial charge >= 0.3 is 0 Å². The van der Waals surface area contributed by atoms with Gasteiger partial charge in [0, 0.05) is 11.6 Å². The van der Waals surface area contributed by atoms with Crippen LogP contribution in [0.15, 0.2) is 36.5 Å². The van der Waals surface area contributed by atoms with Gasteiger partial charge in [-0.05, 0) is 36.1 Å². The number of ether oxygens (including phenoxy) is 1. The minimum Gasteiger partial charge on any atom is -0.481 e. The van der Waals surface area contributed by atoms with Crippen molar-refractivity contribution in [3.8, 4) is 5.88 Å². The van der Waals surface area contributed by atoms with Gasteiger partial charge in [-0.15, -0.1) is 0 Å². The molecular formula is C17H20N2O2. The third kappa shape index (κ3) is 3.60. The van der Waals surface area contributed by atoms with Crippen LogP contribution in [-0.2, 0) is 0 Å². The second-order valence-electron chi connectivity index (χ2n) is 5.27. The van der Waals surface area contributed by atoms with Gasteiger partial charge in [0.15, 0.2) is 0 Å². The van der Waals surface area contributed by atoms with Crippen LogP contribution in [0.2, 0.25) is 0 Å². The lowest BCUT2D eigenvalue weighted by Gasteiger charge is -2.10. The summed E-state index contributed by atoms with van der Waals surface area (Å²) in [5.74, 6) is 0.849. The monoisotopic (exact) mass is 284 g/mol. The fraction of sp³-hybridized carbons (Fsp3) is 0.294. The van der Waals surface area contributed by atoms with E-state index in [2.05, 4.69) is 24.1 Å². The lowest BCUT2D eigenvalue weighted by atomic mass is 10.0. The second-order valence-corrected chi connectivity index (χ2v) is 5.27. The maximum Gasteiger partial charge on any atom is 0.255 e. The number of pyridine rings is 1. The molecule has 4 heteroatoms. The molecule has 0 bridgehead atoms. The molecule has 1 N–H and O–H groups in total. The molecule has 0 unspecified atom stereocenters. The molecule has 1 aromatic carbocycles. The maximum atomic E-state index is 12.2. The normalized spacial score (nSPS) is 10.5. The highest BCUT2D eigenvalue weighted by Crippen LogP contribution is 2.19. The Morgan fingerprint density at radius 2 is 1.90 bits per heavy atom. The number of methoxy groups -OCH3 is 1. The number of nitrogens with one attached hydrogen (secondary N) is 1. The molecule has 21 heavy (non-hydrogen) atoms. The minimum absolute atomic E-state index is 0.139. The highest BCUT2D eigenvalue weighted by molar-refractivity contribution is 6.04. The van der Waals surface area contributed by atoms with Crippen molar-refractivity contribution in [1.82, 2.24) is 4.98 Å². The molecule has 0 radical (unpaired) electrons. The number of aromatic nitrogens is 1. The van der Waals surface area contributed by atoms with E-state index in [1.165, 1.54) is 5.56 Å². The number of anilines is 1. The molecule has 0 atom stereocenters.